The number of fused-ring (bicyclic) bond motifs is 2. The molecule has 1 aromatic heterocycles. The van der Waals surface area contributed by atoms with Gasteiger partial charge in [-0.3, -0.25) is 4.90 Å². The molecular formula is C18H24N4O2. The Balaban J connectivity index is 1.55. The molecular weight excluding hydrogens is 304 g/mol. The number of nitrogens with one attached hydrogen (secondary N) is 1. The van der Waals surface area contributed by atoms with E-state index in [1.165, 1.54) is 19.3 Å². The van der Waals surface area contributed by atoms with E-state index in [4.69, 9.17) is 9.26 Å². The van der Waals surface area contributed by atoms with E-state index in [2.05, 4.69) is 27.3 Å². The Kier molecular flexibility index (Phi) is 4.24. The maximum atomic E-state index is 5.60. The summed E-state index contributed by atoms with van der Waals surface area (Å²) >= 11 is 0. The zero-order valence-electron chi connectivity index (χ0n) is 14.2. The van der Waals surface area contributed by atoms with Gasteiger partial charge in [-0.1, -0.05) is 5.16 Å². The second-order valence-electron chi connectivity index (χ2n) is 6.69. The number of methoxy groups -OCH3 is 1. The molecule has 0 spiro atoms. The Labute approximate surface area is 142 Å². The van der Waals surface area contributed by atoms with Crippen molar-refractivity contribution < 1.29 is 9.26 Å². The van der Waals surface area contributed by atoms with Gasteiger partial charge in [-0.15, -0.1) is 0 Å². The lowest BCUT2D eigenvalue weighted by molar-refractivity contribution is 0.121. The molecule has 0 saturated carbocycles. The van der Waals surface area contributed by atoms with Crippen molar-refractivity contribution in [2.75, 3.05) is 20.2 Å². The molecule has 0 amide bonds. The van der Waals surface area contributed by atoms with E-state index < -0.39 is 0 Å². The Hall–Kier alpha value is -1.92. The minimum atomic E-state index is 0.155. The fraction of sp³-hybridized carbons (Fsp3) is 0.556. The van der Waals surface area contributed by atoms with Gasteiger partial charge in [0, 0.05) is 24.2 Å². The first-order valence-corrected chi connectivity index (χ1v) is 8.72. The molecule has 0 radical (unpaired) electrons. The van der Waals surface area contributed by atoms with Crippen LogP contribution < -0.4 is 10.1 Å². The van der Waals surface area contributed by atoms with Gasteiger partial charge in [-0.05, 0) is 57.0 Å². The Morgan fingerprint density at radius 1 is 1.21 bits per heavy atom. The van der Waals surface area contributed by atoms with Crippen molar-refractivity contribution in [2.24, 2.45) is 0 Å². The molecule has 1 aromatic carbocycles. The summed E-state index contributed by atoms with van der Waals surface area (Å²) in [5, 5.41) is 7.72. The monoisotopic (exact) mass is 328 g/mol. The summed E-state index contributed by atoms with van der Waals surface area (Å²) < 4.78 is 10.8. The van der Waals surface area contributed by atoms with Crippen LogP contribution >= 0.6 is 0 Å². The quantitative estimate of drug-likeness (QED) is 0.931. The summed E-state index contributed by atoms with van der Waals surface area (Å²) in [6, 6.07) is 9.09. The first-order valence-electron chi connectivity index (χ1n) is 8.72. The summed E-state index contributed by atoms with van der Waals surface area (Å²) in [6.45, 7) is 4.34. The molecule has 6 nitrogen and oxygen atoms in total. The van der Waals surface area contributed by atoms with Crippen LogP contribution in [0.4, 0.5) is 0 Å². The standard InChI is InChI=1S/C18H24N4O2/c1-12(22-14-5-6-15(22)11-19-10-9-14)18-20-17(21-24-18)13-3-7-16(23-2)8-4-13/h3-4,7-8,12,14-15,19H,5-6,9-11H2,1-2H3. The third-order valence-electron chi connectivity index (χ3n) is 5.31. The largest absolute Gasteiger partial charge is 0.497 e. The fourth-order valence-electron chi connectivity index (χ4n) is 4.04. The topological polar surface area (TPSA) is 63.4 Å². The van der Waals surface area contributed by atoms with E-state index in [1.807, 2.05) is 24.3 Å². The van der Waals surface area contributed by atoms with Crippen molar-refractivity contribution >= 4 is 0 Å². The van der Waals surface area contributed by atoms with E-state index in [1.54, 1.807) is 7.11 Å². The van der Waals surface area contributed by atoms with Gasteiger partial charge in [-0.2, -0.15) is 4.98 Å². The predicted molar refractivity (Wildman–Crippen MR) is 90.8 cm³/mol. The summed E-state index contributed by atoms with van der Waals surface area (Å²) in [5.41, 5.74) is 0.943. The minimum Gasteiger partial charge on any atom is -0.497 e. The predicted octanol–water partition coefficient (Wildman–Crippen LogP) is 2.63. The third-order valence-corrected chi connectivity index (χ3v) is 5.31. The van der Waals surface area contributed by atoms with E-state index in [-0.39, 0.29) is 6.04 Å². The van der Waals surface area contributed by atoms with E-state index in [9.17, 15) is 0 Å². The van der Waals surface area contributed by atoms with Gasteiger partial charge >= 0.3 is 0 Å². The highest BCUT2D eigenvalue weighted by atomic mass is 16.5. The Morgan fingerprint density at radius 2 is 2.00 bits per heavy atom. The lowest BCUT2D eigenvalue weighted by Gasteiger charge is -2.31. The summed E-state index contributed by atoms with van der Waals surface area (Å²) in [7, 11) is 1.66. The molecule has 1 N–H and O–H groups in total. The van der Waals surface area contributed by atoms with E-state index in [0.717, 1.165) is 24.4 Å². The smallest absolute Gasteiger partial charge is 0.244 e. The van der Waals surface area contributed by atoms with Crippen LogP contribution in [-0.2, 0) is 0 Å². The second-order valence-corrected chi connectivity index (χ2v) is 6.69. The normalized spacial score (nSPS) is 25.4. The van der Waals surface area contributed by atoms with Gasteiger partial charge in [0.15, 0.2) is 0 Å². The first-order chi connectivity index (χ1) is 11.8. The highest BCUT2D eigenvalue weighted by molar-refractivity contribution is 5.55. The maximum Gasteiger partial charge on any atom is 0.244 e. The SMILES string of the molecule is COc1ccc(-c2noc(C(C)N3C4CCNCC3CC4)n2)cc1. The first kappa shape index (κ1) is 15.6. The molecule has 4 rings (SSSR count). The molecule has 6 heteroatoms. The molecule has 24 heavy (non-hydrogen) atoms. The molecule has 2 saturated heterocycles. The molecule has 128 valence electrons. The van der Waals surface area contributed by atoms with Crippen molar-refractivity contribution in [3.05, 3.63) is 30.2 Å². The van der Waals surface area contributed by atoms with Crippen LogP contribution in [-0.4, -0.2) is 47.3 Å². The van der Waals surface area contributed by atoms with Crippen molar-refractivity contribution in [3.63, 3.8) is 0 Å². The Bertz CT molecular complexity index is 671. The molecule has 3 unspecified atom stereocenters. The molecule has 3 heterocycles. The zero-order chi connectivity index (χ0) is 16.5. The number of rotatable bonds is 4. The molecule has 2 aromatic rings. The summed E-state index contributed by atoms with van der Waals surface area (Å²) in [5.74, 6) is 2.17. The van der Waals surface area contributed by atoms with Crippen LogP contribution in [0.1, 0.15) is 38.1 Å². The van der Waals surface area contributed by atoms with Crippen LogP contribution in [0.5, 0.6) is 5.75 Å². The van der Waals surface area contributed by atoms with Gasteiger partial charge in [0.25, 0.3) is 0 Å². The van der Waals surface area contributed by atoms with Crippen LogP contribution in [0, 0.1) is 0 Å². The van der Waals surface area contributed by atoms with Crippen LogP contribution in [0.25, 0.3) is 11.4 Å². The molecule has 2 aliphatic rings. The molecule has 2 aliphatic heterocycles. The molecule has 2 fully saturated rings. The average Bonchev–Trinajstić information content (AvgIpc) is 3.18. The van der Waals surface area contributed by atoms with Crippen LogP contribution in [0.3, 0.4) is 0 Å². The van der Waals surface area contributed by atoms with Gasteiger partial charge in [0.05, 0.1) is 13.2 Å². The number of ether oxygens (including phenoxy) is 1. The summed E-state index contributed by atoms with van der Waals surface area (Å²) in [6.07, 6.45) is 3.72. The average molecular weight is 328 g/mol. The van der Waals surface area contributed by atoms with Gasteiger partial charge in [0.1, 0.15) is 5.75 Å². The Morgan fingerprint density at radius 3 is 2.79 bits per heavy atom. The highest BCUT2D eigenvalue weighted by Gasteiger charge is 2.39. The third kappa shape index (κ3) is 2.80. The fourth-order valence-corrected chi connectivity index (χ4v) is 4.04. The van der Waals surface area contributed by atoms with Crippen molar-refractivity contribution in [1.82, 2.24) is 20.4 Å². The molecule has 2 bridgehead atoms. The van der Waals surface area contributed by atoms with Gasteiger partial charge in [0.2, 0.25) is 11.7 Å². The van der Waals surface area contributed by atoms with Crippen molar-refractivity contribution in [2.45, 2.75) is 44.3 Å². The van der Waals surface area contributed by atoms with Gasteiger partial charge < -0.3 is 14.6 Å². The number of aromatic nitrogens is 2. The number of nitrogens with zero attached hydrogens (tertiary/aromatic N) is 3. The van der Waals surface area contributed by atoms with E-state index >= 15 is 0 Å². The molecule has 3 atom stereocenters. The number of hydrogen-bond donors (Lipinski definition) is 1. The lowest BCUT2D eigenvalue weighted by Crippen LogP contribution is -2.39. The zero-order valence-corrected chi connectivity index (χ0v) is 14.2. The van der Waals surface area contributed by atoms with Crippen LogP contribution in [0.2, 0.25) is 0 Å². The number of hydrogen-bond acceptors (Lipinski definition) is 6. The lowest BCUT2D eigenvalue weighted by atomic mass is 10.1. The number of benzene rings is 1. The van der Waals surface area contributed by atoms with Crippen molar-refractivity contribution in [3.8, 4) is 17.1 Å². The second kappa shape index (κ2) is 6.53. The summed E-state index contributed by atoms with van der Waals surface area (Å²) in [4.78, 5) is 7.23. The molecule has 0 aliphatic carbocycles. The van der Waals surface area contributed by atoms with Crippen LogP contribution in [0.15, 0.2) is 28.8 Å². The van der Waals surface area contributed by atoms with E-state index in [0.29, 0.717) is 23.8 Å². The highest BCUT2D eigenvalue weighted by Crippen LogP contribution is 2.36. The van der Waals surface area contributed by atoms with Gasteiger partial charge in [-0.25, -0.2) is 0 Å². The van der Waals surface area contributed by atoms with Crippen molar-refractivity contribution in [1.29, 1.82) is 0 Å². The minimum absolute atomic E-state index is 0.155. The maximum absolute atomic E-state index is 5.60.